The van der Waals surface area contributed by atoms with E-state index in [1.807, 2.05) is 18.2 Å². The van der Waals surface area contributed by atoms with E-state index in [1.54, 1.807) is 24.5 Å². The molecular formula is C20H18N4O. The Balaban J connectivity index is 1.46. The van der Waals surface area contributed by atoms with E-state index >= 15 is 0 Å². The molecule has 0 fully saturated rings. The third kappa shape index (κ3) is 3.35. The van der Waals surface area contributed by atoms with Gasteiger partial charge in [-0.25, -0.2) is 9.97 Å². The molecule has 5 heteroatoms. The molecule has 3 aromatic rings. The van der Waals surface area contributed by atoms with Gasteiger partial charge in [-0.2, -0.15) is 0 Å². The van der Waals surface area contributed by atoms with Crippen LogP contribution in [0.5, 0.6) is 0 Å². The number of nitrogens with zero attached hydrogens (tertiary/aromatic N) is 3. The van der Waals surface area contributed by atoms with Gasteiger partial charge in [0, 0.05) is 25.5 Å². The third-order valence-corrected chi connectivity index (χ3v) is 4.37. The predicted octanol–water partition coefficient (Wildman–Crippen LogP) is 3.29. The first-order valence-electron chi connectivity index (χ1n) is 8.30. The van der Waals surface area contributed by atoms with E-state index in [9.17, 15) is 4.79 Å². The summed E-state index contributed by atoms with van der Waals surface area (Å²) in [6.45, 7) is 1.78. The van der Waals surface area contributed by atoms with Crippen molar-refractivity contribution >= 4 is 17.5 Å². The smallest absolute Gasteiger partial charge is 0.258 e. The summed E-state index contributed by atoms with van der Waals surface area (Å²) >= 11 is 0. The largest absolute Gasteiger partial charge is 0.352 e. The highest BCUT2D eigenvalue weighted by molar-refractivity contribution is 6.03. The molecule has 0 unspecified atom stereocenters. The summed E-state index contributed by atoms with van der Waals surface area (Å²) in [5, 5.41) is 2.77. The highest BCUT2D eigenvalue weighted by atomic mass is 16.1. The number of rotatable bonds is 3. The summed E-state index contributed by atoms with van der Waals surface area (Å²) < 4.78 is 0. The molecule has 4 rings (SSSR count). The first-order valence-corrected chi connectivity index (χ1v) is 8.30. The molecule has 0 atom stereocenters. The highest BCUT2D eigenvalue weighted by Crippen LogP contribution is 2.23. The summed E-state index contributed by atoms with van der Waals surface area (Å²) in [5.41, 5.74) is 3.27. The average Bonchev–Trinajstić information content (AvgIpc) is 2.68. The number of hydrogen-bond donors (Lipinski definition) is 1. The van der Waals surface area contributed by atoms with Gasteiger partial charge in [0.05, 0.1) is 5.56 Å². The number of fused-ring (bicyclic) bond motifs is 1. The van der Waals surface area contributed by atoms with E-state index in [-0.39, 0.29) is 5.91 Å². The molecule has 5 nitrogen and oxygen atoms in total. The molecule has 0 aliphatic carbocycles. The van der Waals surface area contributed by atoms with Crippen molar-refractivity contribution in [2.45, 2.75) is 13.0 Å². The molecule has 2 aromatic heterocycles. The molecule has 1 aliphatic rings. The van der Waals surface area contributed by atoms with E-state index in [1.165, 1.54) is 11.1 Å². The van der Waals surface area contributed by atoms with Gasteiger partial charge in [-0.15, -0.1) is 0 Å². The number of hydrogen-bond acceptors (Lipinski definition) is 4. The molecule has 3 heterocycles. The Labute approximate surface area is 146 Å². The minimum Gasteiger partial charge on any atom is -0.352 e. The fraction of sp³-hybridized carbons (Fsp3) is 0.150. The molecule has 124 valence electrons. The number of carbonyl (C=O) groups excluding carboxylic acids is 1. The minimum absolute atomic E-state index is 0.207. The van der Waals surface area contributed by atoms with Crippen LogP contribution in [-0.4, -0.2) is 22.4 Å². The molecule has 1 aliphatic heterocycles. The van der Waals surface area contributed by atoms with Gasteiger partial charge in [0.25, 0.3) is 5.91 Å². The zero-order valence-electron chi connectivity index (χ0n) is 13.7. The summed E-state index contributed by atoms with van der Waals surface area (Å²) in [6.07, 6.45) is 4.28. The average molecular weight is 330 g/mol. The SMILES string of the molecule is O=C(Nc1ccccn1)c1ccc(N2CCc3ccccc3C2)nc1. The van der Waals surface area contributed by atoms with Crippen molar-refractivity contribution in [2.24, 2.45) is 0 Å². The number of benzene rings is 1. The van der Waals surface area contributed by atoms with Crippen molar-refractivity contribution < 1.29 is 4.79 Å². The Morgan fingerprint density at radius 2 is 1.80 bits per heavy atom. The van der Waals surface area contributed by atoms with Gasteiger partial charge in [0.15, 0.2) is 0 Å². The van der Waals surface area contributed by atoms with Gasteiger partial charge >= 0.3 is 0 Å². The second-order valence-electron chi connectivity index (χ2n) is 6.01. The summed E-state index contributed by atoms with van der Waals surface area (Å²) in [4.78, 5) is 23.1. The Bertz CT molecular complexity index is 878. The fourth-order valence-corrected chi connectivity index (χ4v) is 3.02. The van der Waals surface area contributed by atoms with Crippen LogP contribution in [0.3, 0.4) is 0 Å². The molecule has 25 heavy (non-hydrogen) atoms. The van der Waals surface area contributed by atoms with Gasteiger partial charge in [0.1, 0.15) is 11.6 Å². The van der Waals surface area contributed by atoms with Crippen LogP contribution < -0.4 is 10.2 Å². The van der Waals surface area contributed by atoms with E-state index in [0.29, 0.717) is 11.4 Å². The molecule has 0 radical (unpaired) electrons. The van der Waals surface area contributed by atoms with Crippen LogP contribution in [-0.2, 0) is 13.0 Å². The maximum Gasteiger partial charge on any atom is 0.258 e. The van der Waals surface area contributed by atoms with Gasteiger partial charge in [-0.3, -0.25) is 4.79 Å². The van der Waals surface area contributed by atoms with Crippen LogP contribution in [0.1, 0.15) is 21.5 Å². The van der Waals surface area contributed by atoms with E-state index in [0.717, 1.165) is 25.3 Å². The molecule has 0 saturated heterocycles. The lowest BCUT2D eigenvalue weighted by atomic mass is 10.00. The number of aromatic nitrogens is 2. The van der Waals surface area contributed by atoms with Crippen LogP contribution in [0.2, 0.25) is 0 Å². The van der Waals surface area contributed by atoms with Crippen molar-refractivity contribution in [3.05, 3.63) is 83.7 Å². The van der Waals surface area contributed by atoms with Gasteiger partial charge < -0.3 is 10.2 Å². The second kappa shape index (κ2) is 6.73. The van der Waals surface area contributed by atoms with Crippen molar-refractivity contribution in [1.29, 1.82) is 0 Å². The first-order chi connectivity index (χ1) is 12.3. The molecule has 1 aromatic carbocycles. The maximum absolute atomic E-state index is 12.3. The van der Waals surface area contributed by atoms with Gasteiger partial charge in [0.2, 0.25) is 0 Å². The molecule has 1 N–H and O–H groups in total. The summed E-state index contributed by atoms with van der Waals surface area (Å²) in [6, 6.07) is 17.6. The molecule has 1 amide bonds. The van der Waals surface area contributed by atoms with E-state index < -0.39 is 0 Å². The highest BCUT2D eigenvalue weighted by Gasteiger charge is 2.17. The van der Waals surface area contributed by atoms with Crippen LogP contribution in [0.25, 0.3) is 0 Å². The van der Waals surface area contributed by atoms with Crippen molar-refractivity contribution in [3.8, 4) is 0 Å². The van der Waals surface area contributed by atoms with Crippen LogP contribution >= 0.6 is 0 Å². The number of carbonyl (C=O) groups is 1. The quantitative estimate of drug-likeness (QED) is 0.800. The van der Waals surface area contributed by atoms with Crippen molar-refractivity contribution in [1.82, 2.24) is 9.97 Å². The standard InChI is InChI=1S/C20H18N4O/c25-20(23-18-7-3-4-11-21-18)16-8-9-19(22-13-16)24-12-10-15-5-1-2-6-17(15)14-24/h1-9,11,13H,10,12,14H2,(H,21,23,25). The van der Waals surface area contributed by atoms with Crippen LogP contribution in [0.15, 0.2) is 67.0 Å². The number of pyridine rings is 2. The molecule has 0 spiro atoms. The van der Waals surface area contributed by atoms with Gasteiger partial charge in [-0.1, -0.05) is 30.3 Å². The van der Waals surface area contributed by atoms with Gasteiger partial charge in [-0.05, 0) is 41.8 Å². The molecular weight excluding hydrogens is 312 g/mol. The zero-order chi connectivity index (χ0) is 17.1. The number of anilines is 2. The Morgan fingerprint density at radius 1 is 0.960 bits per heavy atom. The van der Waals surface area contributed by atoms with Crippen LogP contribution in [0, 0.1) is 0 Å². The number of amides is 1. The Morgan fingerprint density at radius 3 is 2.56 bits per heavy atom. The predicted molar refractivity (Wildman–Crippen MR) is 97.6 cm³/mol. The van der Waals surface area contributed by atoms with Crippen molar-refractivity contribution in [2.75, 3.05) is 16.8 Å². The summed E-state index contributed by atoms with van der Waals surface area (Å²) in [7, 11) is 0. The van der Waals surface area contributed by atoms with E-state index in [2.05, 4.69) is 44.5 Å². The monoisotopic (exact) mass is 330 g/mol. The Hall–Kier alpha value is -3.21. The molecule has 0 bridgehead atoms. The second-order valence-corrected chi connectivity index (χ2v) is 6.01. The minimum atomic E-state index is -0.207. The fourth-order valence-electron chi connectivity index (χ4n) is 3.02. The summed E-state index contributed by atoms with van der Waals surface area (Å²) in [5.74, 6) is 1.22. The zero-order valence-corrected chi connectivity index (χ0v) is 13.7. The maximum atomic E-state index is 12.3. The normalized spacial score (nSPS) is 13.2. The Kier molecular flexibility index (Phi) is 4.12. The molecule has 0 saturated carbocycles. The number of nitrogens with one attached hydrogen (secondary N) is 1. The lowest BCUT2D eigenvalue weighted by Crippen LogP contribution is -2.31. The topological polar surface area (TPSA) is 58.1 Å². The lowest BCUT2D eigenvalue weighted by molar-refractivity contribution is 0.102. The lowest BCUT2D eigenvalue weighted by Gasteiger charge is -2.29. The van der Waals surface area contributed by atoms with Crippen LogP contribution in [0.4, 0.5) is 11.6 Å². The van der Waals surface area contributed by atoms with E-state index in [4.69, 9.17) is 0 Å². The third-order valence-electron chi connectivity index (χ3n) is 4.37. The first kappa shape index (κ1) is 15.3. The van der Waals surface area contributed by atoms with Crippen molar-refractivity contribution in [3.63, 3.8) is 0 Å².